The lowest BCUT2D eigenvalue weighted by molar-refractivity contribution is 0.627. The van der Waals surface area contributed by atoms with Crippen molar-refractivity contribution in [1.29, 1.82) is 0 Å². The molecule has 2 aromatic carbocycles. The van der Waals surface area contributed by atoms with E-state index < -0.39 is 10.8 Å². The van der Waals surface area contributed by atoms with Gasteiger partial charge in [-0.05, 0) is 77.1 Å². The van der Waals surface area contributed by atoms with Gasteiger partial charge in [0.1, 0.15) is 5.82 Å². The highest BCUT2D eigenvalue weighted by Gasteiger charge is 2.22. The lowest BCUT2D eigenvalue weighted by Crippen LogP contribution is -1.88. The molecule has 0 heterocycles. The van der Waals surface area contributed by atoms with E-state index in [0.717, 1.165) is 33.6 Å². The molecule has 1 aliphatic carbocycles. The van der Waals surface area contributed by atoms with Gasteiger partial charge < -0.3 is 0 Å². The minimum atomic E-state index is -0.966. The fourth-order valence-corrected chi connectivity index (χ4v) is 4.00. The Morgan fingerprint density at radius 3 is 2.11 bits per heavy atom. The van der Waals surface area contributed by atoms with E-state index in [1.54, 1.807) is 12.3 Å². The van der Waals surface area contributed by atoms with Crippen LogP contribution in [0, 0.1) is 5.82 Å². The Hall–Kier alpha value is -2.00. The van der Waals surface area contributed by atoms with Crippen LogP contribution in [0.25, 0.3) is 17.2 Å². The molecule has 0 N–H and O–H groups in total. The second-order valence-electron chi connectivity index (χ2n) is 7.08. The molecule has 3 heteroatoms. The molecule has 0 aliphatic heterocycles. The molecule has 0 saturated heterocycles. The summed E-state index contributed by atoms with van der Waals surface area (Å²) in [5.74, 6) is -0.196. The highest BCUT2D eigenvalue weighted by Crippen LogP contribution is 2.43. The van der Waals surface area contributed by atoms with E-state index in [4.69, 9.17) is 0 Å². The van der Waals surface area contributed by atoms with E-state index in [-0.39, 0.29) is 5.82 Å². The fraction of sp³-hybridized carbons (Fsp3) is 0.360. The maximum Gasteiger partial charge on any atom is 0.123 e. The third-order valence-electron chi connectivity index (χ3n) is 5.04. The van der Waals surface area contributed by atoms with Crippen molar-refractivity contribution in [3.05, 3.63) is 70.5 Å². The average Bonchev–Trinajstić information content (AvgIpc) is 2.93. The summed E-state index contributed by atoms with van der Waals surface area (Å²) in [6, 6.07) is 12.7. The maximum absolute atomic E-state index is 13.6. The van der Waals surface area contributed by atoms with Crippen LogP contribution in [0.5, 0.6) is 0 Å². The SMILES string of the molecule is CCC1=C(C)/C(=C\c2ccc(S(C)=O)cc2)c2ccc(F)cc21.CCCCC. The molecule has 0 bridgehead atoms. The molecule has 0 radical (unpaired) electrons. The summed E-state index contributed by atoms with van der Waals surface area (Å²) in [4.78, 5) is 0.822. The van der Waals surface area contributed by atoms with Gasteiger partial charge in [0, 0.05) is 22.0 Å². The van der Waals surface area contributed by atoms with E-state index in [2.05, 4.69) is 33.8 Å². The Kier molecular flexibility index (Phi) is 8.37. The Morgan fingerprint density at radius 1 is 0.964 bits per heavy atom. The number of benzene rings is 2. The molecule has 0 spiro atoms. The molecule has 1 atom stereocenters. The highest BCUT2D eigenvalue weighted by molar-refractivity contribution is 7.84. The van der Waals surface area contributed by atoms with Gasteiger partial charge in [-0.1, -0.05) is 58.2 Å². The number of hydrogen-bond donors (Lipinski definition) is 0. The zero-order valence-electron chi connectivity index (χ0n) is 17.6. The van der Waals surface area contributed by atoms with E-state index >= 15 is 0 Å². The van der Waals surface area contributed by atoms with Crippen LogP contribution < -0.4 is 0 Å². The Morgan fingerprint density at radius 2 is 1.61 bits per heavy atom. The van der Waals surface area contributed by atoms with Gasteiger partial charge >= 0.3 is 0 Å². The topological polar surface area (TPSA) is 17.1 Å². The lowest BCUT2D eigenvalue weighted by atomic mass is 10.0. The number of unbranched alkanes of at least 4 members (excludes halogenated alkanes) is 2. The van der Waals surface area contributed by atoms with Crippen LogP contribution >= 0.6 is 0 Å². The van der Waals surface area contributed by atoms with E-state index in [0.29, 0.717) is 0 Å². The van der Waals surface area contributed by atoms with Crippen LogP contribution in [-0.4, -0.2) is 10.5 Å². The van der Waals surface area contributed by atoms with Crippen molar-refractivity contribution in [3.8, 4) is 0 Å². The third kappa shape index (κ3) is 5.29. The molecule has 2 aromatic rings. The van der Waals surface area contributed by atoms with Gasteiger partial charge in [-0.3, -0.25) is 4.21 Å². The molecule has 0 saturated carbocycles. The summed E-state index contributed by atoms with van der Waals surface area (Å²) >= 11 is 0. The van der Waals surface area contributed by atoms with E-state index in [9.17, 15) is 8.60 Å². The number of halogens is 1. The van der Waals surface area contributed by atoms with Crippen LogP contribution in [-0.2, 0) is 10.8 Å². The molecule has 1 unspecified atom stereocenters. The third-order valence-corrected chi connectivity index (χ3v) is 5.97. The van der Waals surface area contributed by atoms with Gasteiger partial charge in [-0.2, -0.15) is 0 Å². The standard InChI is InChI=1S/C20H19FOS.C5H12/c1-4-17-13(2)19(18-10-7-15(21)12-20(17)18)11-14-5-8-16(9-6-14)23(3)22;1-3-5-4-2/h5-12H,4H2,1-3H3;3-5H2,1-2H3/b19-11+;. The normalized spacial score (nSPS) is 15.3. The molecule has 0 amide bonds. The fourth-order valence-electron chi connectivity index (χ4n) is 3.49. The van der Waals surface area contributed by atoms with Gasteiger partial charge in [0.15, 0.2) is 0 Å². The molecule has 1 nitrogen and oxygen atoms in total. The molecule has 0 fully saturated rings. The van der Waals surface area contributed by atoms with Gasteiger partial charge in [0.2, 0.25) is 0 Å². The van der Waals surface area contributed by atoms with E-state index in [1.807, 2.05) is 30.3 Å². The summed E-state index contributed by atoms with van der Waals surface area (Å²) in [6.07, 6.45) is 8.76. The van der Waals surface area contributed by atoms with Crippen LogP contribution in [0.3, 0.4) is 0 Å². The summed E-state index contributed by atoms with van der Waals surface area (Å²) in [5, 5.41) is 0. The van der Waals surface area contributed by atoms with Crippen molar-refractivity contribution in [2.24, 2.45) is 0 Å². The monoisotopic (exact) mass is 398 g/mol. The second-order valence-corrected chi connectivity index (χ2v) is 8.46. The van der Waals surface area contributed by atoms with Gasteiger partial charge in [0.25, 0.3) is 0 Å². The van der Waals surface area contributed by atoms with Crippen molar-refractivity contribution in [3.63, 3.8) is 0 Å². The first-order valence-corrected chi connectivity index (χ1v) is 11.6. The zero-order valence-corrected chi connectivity index (χ0v) is 18.5. The summed E-state index contributed by atoms with van der Waals surface area (Å²) in [5.41, 5.74) is 6.70. The minimum absolute atomic E-state index is 0.196. The first kappa shape index (κ1) is 22.3. The molecule has 3 rings (SSSR count). The predicted molar refractivity (Wildman–Crippen MR) is 121 cm³/mol. The predicted octanol–water partition coefficient (Wildman–Crippen LogP) is 7.50. The molecule has 0 aromatic heterocycles. The Bertz CT molecular complexity index is 889. The first-order valence-electron chi connectivity index (χ1n) is 10.1. The number of fused-ring (bicyclic) bond motifs is 1. The lowest BCUT2D eigenvalue weighted by Gasteiger charge is -2.05. The molecule has 150 valence electrons. The largest absolute Gasteiger partial charge is 0.255 e. The summed E-state index contributed by atoms with van der Waals surface area (Å²) in [7, 11) is -0.966. The average molecular weight is 399 g/mol. The molecular weight excluding hydrogens is 367 g/mol. The van der Waals surface area contributed by atoms with Gasteiger partial charge in [0.05, 0.1) is 0 Å². The Labute approximate surface area is 171 Å². The number of allylic oxidation sites excluding steroid dienone is 3. The van der Waals surface area contributed by atoms with Crippen LogP contribution in [0.2, 0.25) is 0 Å². The maximum atomic E-state index is 13.6. The van der Waals surface area contributed by atoms with Crippen LogP contribution in [0.15, 0.2) is 52.9 Å². The Balaban J connectivity index is 0.000000500. The minimum Gasteiger partial charge on any atom is -0.255 e. The highest BCUT2D eigenvalue weighted by atomic mass is 32.2. The quantitative estimate of drug-likeness (QED) is 0.509. The van der Waals surface area contributed by atoms with Crippen molar-refractivity contribution in [1.82, 2.24) is 0 Å². The molecule has 1 aliphatic rings. The van der Waals surface area contributed by atoms with Crippen LogP contribution in [0.1, 0.15) is 70.1 Å². The second kappa shape index (κ2) is 10.5. The molecule has 28 heavy (non-hydrogen) atoms. The first-order chi connectivity index (χ1) is 13.4. The number of rotatable bonds is 5. The molecular formula is C25H31FOS. The van der Waals surface area contributed by atoms with Crippen molar-refractivity contribution in [2.75, 3.05) is 6.26 Å². The zero-order chi connectivity index (χ0) is 20.7. The van der Waals surface area contributed by atoms with Crippen molar-refractivity contribution >= 4 is 28.0 Å². The van der Waals surface area contributed by atoms with Crippen molar-refractivity contribution < 1.29 is 8.60 Å². The smallest absolute Gasteiger partial charge is 0.123 e. The van der Waals surface area contributed by atoms with Gasteiger partial charge in [-0.15, -0.1) is 0 Å². The number of hydrogen-bond acceptors (Lipinski definition) is 1. The summed E-state index contributed by atoms with van der Waals surface area (Å²) < 4.78 is 25.1. The van der Waals surface area contributed by atoms with Crippen molar-refractivity contribution in [2.45, 2.75) is 58.3 Å². The summed E-state index contributed by atoms with van der Waals surface area (Å²) in [6.45, 7) is 8.62. The van der Waals surface area contributed by atoms with Gasteiger partial charge in [-0.25, -0.2) is 4.39 Å². The van der Waals surface area contributed by atoms with E-state index in [1.165, 1.54) is 36.5 Å². The van der Waals surface area contributed by atoms with Crippen LogP contribution in [0.4, 0.5) is 4.39 Å².